The summed E-state index contributed by atoms with van der Waals surface area (Å²) in [7, 11) is 0. The van der Waals surface area contributed by atoms with E-state index in [2.05, 4.69) is 6.58 Å². The van der Waals surface area contributed by atoms with E-state index in [0.29, 0.717) is 5.56 Å². The summed E-state index contributed by atoms with van der Waals surface area (Å²) in [6, 6.07) is 5.58. The predicted octanol–water partition coefficient (Wildman–Crippen LogP) is 3.54. The lowest BCUT2D eigenvalue weighted by molar-refractivity contribution is -0.146. The van der Waals surface area contributed by atoms with Crippen LogP contribution in [-0.2, 0) is 9.53 Å². The highest BCUT2D eigenvalue weighted by Gasteiger charge is 2.38. The molecule has 1 saturated carbocycles. The average Bonchev–Trinajstić information content (AvgIpc) is 2.93. The lowest BCUT2D eigenvalue weighted by Crippen LogP contribution is -2.31. The molecule has 0 radical (unpaired) electrons. The van der Waals surface area contributed by atoms with Crippen molar-refractivity contribution in [1.82, 2.24) is 0 Å². The maximum absolute atomic E-state index is 12.9. The lowest BCUT2D eigenvalue weighted by atomic mass is 9.85. The first-order valence-electron chi connectivity index (χ1n) is 7.12. The number of hydrogen-bond acceptors (Lipinski definition) is 3. The van der Waals surface area contributed by atoms with Gasteiger partial charge in [-0.2, -0.15) is 0 Å². The normalized spacial score (nSPS) is 22.6. The van der Waals surface area contributed by atoms with Gasteiger partial charge < -0.3 is 4.74 Å². The summed E-state index contributed by atoms with van der Waals surface area (Å²) < 4.78 is 18.2. The van der Waals surface area contributed by atoms with Crippen LogP contribution in [0.5, 0.6) is 0 Å². The Hall–Kier alpha value is -1.97. The fourth-order valence-corrected chi connectivity index (χ4v) is 3.04. The zero-order valence-electron chi connectivity index (χ0n) is 12.0. The zero-order valence-corrected chi connectivity index (χ0v) is 12.0. The van der Waals surface area contributed by atoms with Crippen LogP contribution in [0.4, 0.5) is 4.39 Å². The molecule has 0 amide bonds. The molecule has 112 valence electrons. The first-order valence-corrected chi connectivity index (χ1v) is 7.12. The molecule has 3 atom stereocenters. The van der Waals surface area contributed by atoms with Crippen LogP contribution in [0.25, 0.3) is 0 Å². The number of carbonyl (C=O) groups is 2. The lowest BCUT2D eigenvalue weighted by Gasteiger charge is -2.25. The van der Waals surface area contributed by atoms with Crippen molar-refractivity contribution in [2.24, 2.45) is 11.8 Å². The van der Waals surface area contributed by atoms with Crippen molar-refractivity contribution in [2.75, 3.05) is 0 Å². The molecule has 1 aromatic rings. The molecular formula is C17H19FO3. The van der Waals surface area contributed by atoms with Gasteiger partial charge in [0.1, 0.15) is 11.9 Å². The van der Waals surface area contributed by atoms with E-state index in [4.69, 9.17) is 4.74 Å². The fourth-order valence-electron chi connectivity index (χ4n) is 3.04. The Morgan fingerprint density at radius 3 is 2.57 bits per heavy atom. The molecule has 0 N–H and O–H groups in total. The molecule has 4 heteroatoms. The summed E-state index contributed by atoms with van der Waals surface area (Å²) in [5, 5.41) is 0. The van der Waals surface area contributed by atoms with Gasteiger partial charge in [0, 0.05) is 24.3 Å². The van der Waals surface area contributed by atoms with Gasteiger partial charge in [0.25, 0.3) is 0 Å². The van der Waals surface area contributed by atoms with Crippen LogP contribution < -0.4 is 0 Å². The third kappa shape index (κ3) is 3.57. The van der Waals surface area contributed by atoms with Gasteiger partial charge in [-0.05, 0) is 37.1 Å². The number of esters is 1. The van der Waals surface area contributed by atoms with E-state index in [0.717, 1.165) is 19.3 Å². The van der Waals surface area contributed by atoms with Crippen molar-refractivity contribution < 1.29 is 18.7 Å². The molecule has 0 saturated heterocycles. The maximum atomic E-state index is 12.9. The van der Waals surface area contributed by atoms with Gasteiger partial charge in [0.2, 0.25) is 0 Å². The van der Waals surface area contributed by atoms with E-state index < -0.39 is 6.10 Å². The largest absolute Gasteiger partial charge is 0.458 e. The highest BCUT2D eigenvalue weighted by molar-refractivity contribution is 5.98. The van der Waals surface area contributed by atoms with Gasteiger partial charge in [0.05, 0.1) is 0 Å². The Morgan fingerprint density at radius 2 is 2.00 bits per heavy atom. The van der Waals surface area contributed by atoms with Crippen LogP contribution in [0.2, 0.25) is 0 Å². The van der Waals surface area contributed by atoms with E-state index in [9.17, 15) is 14.0 Å². The Balaban J connectivity index is 2.17. The predicted molar refractivity (Wildman–Crippen MR) is 77.3 cm³/mol. The minimum Gasteiger partial charge on any atom is -0.458 e. The second-order valence-electron chi connectivity index (χ2n) is 5.38. The summed E-state index contributed by atoms with van der Waals surface area (Å²) in [5.74, 6) is -1.02. The summed E-state index contributed by atoms with van der Waals surface area (Å²) in [6.07, 6.45) is 3.63. The van der Waals surface area contributed by atoms with Crippen LogP contribution in [0.1, 0.15) is 36.5 Å². The first kappa shape index (κ1) is 15.4. The number of hydrogen-bond donors (Lipinski definition) is 0. The molecule has 21 heavy (non-hydrogen) atoms. The molecule has 1 aliphatic rings. The van der Waals surface area contributed by atoms with Gasteiger partial charge in [-0.3, -0.25) is 9.59 Å². The topological polar surface area (TPSA) is 43.4 Å². The van der Waals surface area contributed by atoms with Crippen LogP contribution in [-0.4, -0.2) is 17.9 Å². The zero-order chi connectivity index (χ0) is 15.4. The fraction of sp³-hybridized carbons (Fsp3) is 0.412. The number of ketones is 1. The van der Waals surface area contributed by atoms with Crippen molar-refractivity contribution in [1.29, 1.82) is 0 Å². The van der Waals surface area contributed by atoms with E-state index in [1.54, 1.807) is 6.08 Å². The molecule has 1 aliphatic carbocycles. The molecule has 1 aromatic carbocycles. The third-order valence-electron chi connectivity index (χ3n) is 3.99. The number of carbonyl (C=O) groups excluding carboxylic acids is 2. The van der Waals surface area contributed by atoms with Crippen molar-refractivity contribution in [3.63, 3.8) is 0 Å². The number of halogens is 1. The van der Waals surface area contributed by atoms with Gasteiger partial charge >= 0.3 is 5.97 Å². The number of benzene rings is 1. The summed E-state index contributed by atoms with van der Waals surface area (Å²) in [6.45, 7) is 5.05. The maximum Gasteiger partial charge on any atom is 0.303 e. The number of Topliss-reactive ketones (excluding diaryl/α,β-unsaturated/α-hetero) is 1. The Bertz CT molecular complexity index is 535. The molecule has 1 unspecified atom stereocenters. The van der Waals surface area contributed by atoms with E-state index in [1.165, 1.54) is 31.2 Å². The minimum absolute atomic E-state index is 0.0171. The van der Waals surface area contributed by atoms with E-state index in [1.807, 2.05) is 0 Å². The van der Waals surface area contributed by atoms with E-state index >= 15 is 0 Å². The van der Waals surface area contributed by atoms with Gasteiger partial charge in [-0.25, -0.2) is 4.39 Å². The van der Waals surface area contributed by atoms with Crippen LogP contribution in [0, 0.1) is 17.7 Å². The van der Waals surface area contributed by atoms with Crippen molar-refractivity contribution >= 4 is 11.8 Å². The molecule has 0 spiro atoms. The summed E-state index contributed by atoms with van der Waals surface area (Å²) in [4.78, 5) is 23.7. The molecule has 0 bridgehead atoms. The van der Waals surface area contributed by atoms with Gasteiger partial charge in [0.15, 0.2) is 5.78 Å². The van der Waals surface area contributed by atoms with Crippen LogP contribution in [0.15, 0.2) is 36.9 Å². The second-order valence-corrected chi connectivity index (χ2v) is 5.38. The Labute approximate surface area is 123 Å². The molecule has 3 nitrogen and oxygen atoms in total. The number of rotatable bonds is 5. The quantitative estimate of drug-likeness (QED) is 0.473. The molecular weight excluding hydrogens is 271 g/mol. The third-order valence-corrected chi connectivity index (χ3v) is 3.99. The number of ether oxygens (including phenoxy) is 1. The highest BCUT2D eigenvalue weighted by atomic mass is 19.1. The van der Waals surface area contributed by atoms with Gasteiger partial charge in [-0.1, -0.05) is 19.1 Å². The van der Waals surface area contributed by atoms with Crippen LogP contribution in [0.3, 0.4) is 0 Å². The minimum atomic E-state index is -0.445. The smallest absolute Gasteiger partial charge is 0.303 e. The molecule has 0 heterocycles. The Kier molecular flexibility index (Phi) is 4.89. The van der Waals surface area contributed by atoms with E-state index in [-0.39, 0.29) is 29.4 Å². The van der Waals surface area contributed by atoms with Gasteiger partial charge in [-0.15, -0.1) is 0 Å². The first-order chi connectivity index (χ1) is 10.0. The van der Waals surface area contributed by atoms with Crippen molar-refractivity contribution in [2.45, 2.75) is 32.3 Å². The summed E-state index contributed by atoms with van der Waals surface area (Å²) in [5.41, 5.74) is 0.499. The highest BCUT2D eigenvalue weighted by Crippen LogP contribution is 2.38. The average molecular weight is 290 g/mol. The second kappa shape index (κ2) is 6.66. The standard InChI is InChI=1S/C17H19FO3/c1-3-16(21-11(2)19)14-5-4-6-15(14)17(20)12-7-9-13(18)10-8-12/h3,7-10,14-16H,1,4-6H2,2H3/t14-,15-,16?/m0/s1. The van der Waals surface area contributed by atoms with Crippen molar-refractivity contribution in [3.05, 3.63) is 48.3 Å². The Morgan fingerprint density at radius 1 is 1.33 bits per heavy atom. The molecule has 0 aromatic heterocycles. The van der Waals surface area contributed by atoms with Crippen LogP contribution >= 0.6 is 0 Å². The molecule has 2 rings (SSSR count). The molecule has 1 fully saturated rings. The SMILES string of the molecule is C=CC(OC(C)=O)[C@H]1CCC[C@@H]1C(=O)c1ccc(F)cc1. The molecule has 0 aliphatic heterocycles. The van der Waals surface area contributed by atoms with Crippen molar-refractivity contribution in [3.8, 4) is 0 Å². The summed E-state index contributed by atoms with van der Waals surface area (Å²) >= 11 is 0. The monoisotopic (exact) mass is 290 g/mol.